The predicted molar refractivity (Wildman–Crippen MR) is 76.2 cm³/mol. The van der Waals surface area contributed by atoms with Crippen molar-refractivity contribution in [1.82, 2.24) is 0 Å². The fourth-order valence-electron chi connectivity index (χ4n) is 1.20. The minimum absolute atomic E-state index is 0.634. The van der Waals surface area contributed by atoms with E-state index in [4.69, 9.17) is 23.1 Å². The van der Waals surface area contributed by atoms with E-state index in [2.05, 4.69) is 0 Å². The Morgan fingerprint density at radius 3 is 1.76 bits per heavy atom. The first kappa shape index (κ1) is 13.4. The van der Waals surface area contributed by atoms with Crippen LogP contribution in [0.25, 0.3) is 0 Å². The van der Waals surface area contributed by atoms with Crippen LogP contribution in [-0.4, -0.2) is 0 Å². The van der Waals surface area contributed by atoms with Gasteiger partial charge in [0.05, 0.1) is 10.7 Å². The molecule has 0 fully saturated rings. The fraction of sp³-hybridized carbons (Fsp3) is 0.143. The molecule has 0 saturated heterocycles. The maximum Gasteiger partial charge on any atom is 0.0638 e. The Hall–Kier alpha value is -1.67. The molecule has 17 heavy (non-hydrogen) atoms. The second-order valence-corrected chi connectivity index (χ2v) is 4.34. The Bertz CT molecular complexity index is 457. The van der Waals surface area contributed by atoms with Crippen LogP contribution in [0.5, 0.6) is 0 Å². The highest BCUT2D eigenvalue weighted by Gasteiger charge is 1.92. The van der Waals surface area contributed by atoms with Gasteiger partial charge in [0.2, 0.25) is 0 Å². The summed E-state index contributed by atoms with van der Waals surface area (Å²) in [5.41, 5.74) is 14.7. The summed E-state index contributed by atoms with van der Waals surface area (Å²) in [6, 6.07) is 13.4. The highest BCUT2D eigenvalue weighted by molar-refractivity contribution is 6.33. The zero-order valence-electron chi connectivity index (χ0n) is 10.1. The lowest BCUT2D eigenvalue weighted by molar-refractivity contribution is 1.47. The summed E-state index contributed by atoms with van der Waals surface area (Å²) in [5, 5.41) is 0.634. The van der Waals surface area contributed by atoms with Gasteiger partial charge in [0, 0.05) is 5.69 Å². The number of benzene rings is 2. The number of rotatable bonds is 0. The highest BCUT2D eigenvalue weighted by atomic mass is 35.5. The van der Waals surface area contributed by atoms with E-state index >= 15 is 0 Å². The number of aryl methyl sites for hydroxylation is 2. The van der Waals surface area contributed by atoms with E-state index in [-0.39, 0.29) is 0 Å². The molecule has 4 N–H and O–H groups in total. The summed E-state index contributed by atoms with van der Waals surface area (Å²) in [5.74, 6) is 0. The van der Waals surface area contributed by atoms with Gasteiger partial charge in [0.25, 0.3) is 0 Å². The minimum atomic E-state index is 0.634. The van der Waals surface area contributed by atoms with Crippen molar-refractivity contribution in [2.24, 2.45) is 0 Å². The summed E-state index contributed by atoms with van der Waals surface area (Å²) in [4.78, 5) is 0. The van der Waals surface area contributed by atoms with Gasteiger partial charge >= 0.3 is 0 Å². The molecule has 0 heterocycles. The van der Waals surface area contributed by atoms with Crippen LogP contribution in [0.2, 0.25) is 5.02 Å². The number of hydrogen-bond acceptors (Lipinski definition) is 2. The molecule has 0 aliphatic rings. The van der Waals surface area contributed by atoms with Crippen LogP contribution in [0.3, 0.4) is 0 Å². The largest absolute Gasteiger partial charge is 0.399 e. The van der Waals surface area contributed by atoms with Gasteiger partial charge in [-0.3, -0.25) is 0 Å². The SMILES string of the molecule is Cc1ccc(N)c(Cl)c1.Cc1ccc(N)cc1. The summed E-state index contributed by atoms with van der Waals surface area (Å²) in [7, 11) is 0. The van der Waals surface area contributed by atoms with Gasteiger partial charge in [0.15, 0.2) is 0 Å². The van der Waals surface area contributed by atoms with Crippen molar-refractivity contribution in [1.29, 1.82) is 0 Å². The van der Waals surface area contributed by atoms with Crippen LogP contribution in [0.15, 0.2) is 42.5 Å². The average Bonchev–Trinajstić information content (AvgIpc) is 2.29. The van der Waals surface area contributed by atoms with E-state index in [1.54, 1.807) is 6.07 Å². The van der Waals surface area contributed by atoms with E-state index in [1.165, 1.54) is 5.56 Å². The summed E-state index contributed by atoms with van der Waals surface area (Å²) in [6.07, 6.45) is 0. The molecule has 0 aliphatic carbocycles. The second-order valence-electron chi connectivity index (χ2n) is 3.94. The normalized spacial score (nSPS) is 9.35. The molecule has 0 spiro atoms. The lowest BCUT2D eigenvalue weighted by Gasteiger charge is -1.96. The van der Waals surface area contributed by atoms with Gasteiger partial charge in [-0.25, -0.2) is 0 Å². The number of halogens is 1. The standard InChI is InChI=1S/C7H8ClN.C7H9N/c1-5-2-3-7(9)6(8)4-5;1-6-2-4-7(8)5-3-6/h2-4H,9H2,1H3;2-5H,8H2,1H3. The Kier molecular flexibility index (Phi) is 4.85. The van der Waals surface area contributed by atoms with Crippen LogP contribution in [0.1, 0.15) is 11.1 Å². The molecule has 0 bridgehead atoms. The van der Waals surface area contributed by atoms with E-state index in [0.717, 1.165) is 11.3 Å². The molecule has 2 aromatic carbocycles. The second kappa shape index (κ2) is 6.16. The summed E-state index contributed by atoms with van der Waals surface area (Å²) < 4.78 is 0. The molecule has 2 aromatic rings. The number of nitrogen functional groups attached to an aromatic ring is 2. The zero-order chi connectivity index (χ0) is 12.8. The minimum Gasteiger partial charge on any atom is -0.399 e. The van der Waals surface area contributed by atoms with E-state index in [1.807, 2.05) is 50.2 Å². The van der Waals surface area contributed by atoms with Crippen LogP contribution in [0.4, 0.5) is 11.4 Å². The third-order valence-corrected chi connectivity index (χ3v) is 2.56. The first-order chi connectivity index (χ1) is 7.99. The first-order valence-electron chi connectivity index (χ1n) is 5.33. The van der Waals surface area contributed by atoms with Crippen molar-refractivity contribution < 1.29 is 0 Å². The van der Waals surface area contributed by atoms with Crippen LogP contribution in [0, 0.1) is 13.8 Å². The van der Waals surface area contributed by atoms with Crippen molar-refractivity contribution in [2.45, 2.75) is 13.8 Å². The molecule has 3 heteroatoms. The van der Waals surface area contributed by atoms with Crippen molar-refractivity contribution in [2.75, 3.05) is 11.5 Å². The molecular weight excluding hydrogens is 232 g/mol. The Balaban J connectivity index is 0.000000171. The topological polar surface area (TPSA) is 52.0 Å². The Morgan fingerprint density at radius 1 is 0.824 bits per heavy atom. The molecule has 0 aromatic heterocycles. The lowest BCUT2D eigenvalue weighted by Crippen LogP contribution is -1.85. The zero-order valence-corrected chi connectivity index (χ0v) is 10.8. The van der Waals surface area contributed by atoms with Gasteiger partial charge in [-0.1, -0.05) is 35.4 Å². The van der Waals surface area contributed by atoms with Crippen molar-refractivity contribution in [3.8, 4) is 0 Å². The molecule has 0 aliphatic heterocycles. The molecule has 0 amide bonds. The lowest BCUT2D eigenvalue weighted by atomic mass is 10.2. The van der Waals surface area contributed by atoms with E-state index in [9.17, 15) is 0 Å². The molecule has 0 radical (unpaired) electrons. The molecule has 0 saturated carbocycles. The number of hydrogen-bond donors (Lipinski definition) is 2. The molecule has 0 atom stereocenters. The quantitative estimate of drug-likeness (QED) is 0.697. The van der Waals surface area contributed by atoms with Gasteiger partial charge in [-0.05, 0) is 43.7 Å². The van der Waals surface area contributed by atoms with Crippen LogP contribution in [-0.2, 0) is 0 Å². The average molecular weight is 249 g/mol. The third-order valence-electron chi connectivity index (χ3n) is 2.23. The molecular formula is C14H17ClN2. The Morgan fingerprint density at radius 2 is 1.35 bits per heavy atom. The van der Waals surface area contributed by atoms with Gasteiger partial charge in [-0.2, -0.15) is 0 Å². The van der Waals surface area contributed by atoms with Gasteiger partial charge < -0.3 is 11.5 Å². The van der Waals surface area contributed by atoms with Crippen molar-refractivity contribution in [3.05, 3.63) is 58.6 Å². The molecule has 90 valence electrons. The first-order valence-corrected chi connectivity index (χ1v) is 5.70. The van der Waals surface area contributed by atoms with Gasteiger partial charge in [-0.15, -0.1) is 0 Å². The van der Waals surface area contributed by atoms with Crippen LogP contribution < -0.4 is 11.5 Å². The smallest absolute Gasteiger partial charge is 0.0638 e. The summed E-state index contributed by atoms with van der Waals surface area (Å²) in [6.45, 7) is 4.02. The van der Waals surface area contributed by atoms with Crippen molar-refractivity contribution >= 4 is 23.0 Å². The third kappa shape index (κ3) is 4.79. The molecule has 2 nitrogen and oxygen atoms in total. The maximum absolute atomic E-state index is 5.69. The molecule has 0 unspecified atom stereocenters. The highest BCUT2D eigenvalue weighted by Crippen LogP contribution is 2.18. The van der Waals surface area contributed by atoms with E-state index in [0.29, 0.717) is 10.7 Å². The van der Waals surface area contributed by atoms with Crippen molar-refractivity contribution in [3.63, 3.8) is 0 Å². The Labute approximate surface area is 107 Å². The van der Waals surface area contributed by atoms with Crippen LogP contribution >= 0.6 is 11.6 Å². The number of nitrogens with two attached hydrogens (primary N) is 2. The number of anilines is 2. The molecule has 2 rings (SSSR count). The van der Waals surface area contributed by atoms with E-state index < -0.39 is 0 Å². The maximum atomic E-state index is 5.69. The summed E-state index contributed by atoms with van der Waals surface area (Å²) >= 11 is 5.69. The monoisotopic (exact) mass is 248 g/mol. The predicted octanol–water partition coefficient (Wildman–Crippen LogP) is 3.81. The fourth-order valence-corrected chi connectivity index (χ4v) is 1.43. The van der Waals surface area contributed by atoms with Gasteiger partial charge in [0.1, 0.15) is 0 Å².